The Kier molecular flexibility index (Phi) is 4.99. The fourth-order valence-electron chi connectivity index (χ4n) is 3.76. The van der Waals surface area contributed by atoms with E-state index in [0.29, 0.717) is 24.7 Å². The first kappa shape index (κ1) is 17.8. The molecule has 2 saturated heterocycles. The number of amides is 2. The van der Waals surface area contributed by atoms with Crippen molar-refractivity contribution in [3.8, 4) is 0 Å². The second-order valence-corrected chi connectivity index (χ2v) is 7.34. The summed E-state index contributed by atoms with van der Waals surface area (Å²) in [5, 5.41) is 0.585. The summed E-state index contributed by atoms with van der Waals surface area (Å²) in [7, 11) is 0. The van der Waals surface area contributed by atoms with Gasteiger partial charge >= 0.3 is 0 Å². The second-order valence-electron chi connectivity index (χ2n) is 6.90. The molecule has 6 nitrogen and oxygen atoms in total. The summed E-state index contributed by atoms with van der Waals surface area (Å²) in [6.45, 7) is 3.33. The van der Waals surface area contributed by atoms with Crippen molar-refractivity contribution in [3.63, 3.8) is 0 Å². The van der Waals surface area contributed by atoms with Crippen LogP contribution in [0, 0.1) is 5.92 Å². The van der Waals surface area contributed by atoms with Gasteiger partial charge in [0.15, 0.2) is 0 Å². The van der Waals surface area contributed by atoms with Gasteiger partial charge in [-0.25, -0.2) is 0 Å². The highest BCUT2D eigenvalue weighted by molar-refractivity contribution is 6.31. The molecule has 2 amide bonds. The molecule has 2 fully saturated rings. The molecule has 1 atom stereocenters. The number of rotatable bonds is 3. The second kappa shape index (κ2) is 7.56. The molecule has 140 valence electrons. The molecule has 0 N–H and O–H groups in total. The Morgan fingerprint density at radius 2 is 1.78 bits per heavy atom. The highest BCUT2D eigenvalue weighted by atomic mass is 35.5. The molecule has 27 heavy (non-hydrogen) atoms. The SMILES string of the molecule is O=C(C1CC(=O)N(c2cccc(Cl)c2)C1)N1CCN(c2ccncc2)CC1. The Labute approximate surface area is 163 Å². The van der Waals surface area contributed by atoms with Crippen LogP contribution >= 0.6 is 11.6 Å². The fourth-order valence-corrected chi connectivity index (χ4v) is 3.95. The third-order valence-electron chi connectivity index (χ3n) is 5.21. The normalized spacial score (nSPS) is 20.3. The molecule has 0 aliphatic carbocycles. The van der Waals surface area contributed by atoms with Gasteiger partial charge in [0.2, 0.25) is 11.8 Å². The van der Waals surface area contributed by atoms with Gasteiger partial charge in [0.05, 0.1) is 5.92 Å². The van der Waals surface area contributed by atoms with E-state index in [1.807, 2.05) is 29.2 Å². The van der Waals surface area contributed by atoms with Gasteiger partial charge in [-0.3, -0.25) is 14.6 Å². The van der Waals surface area contributed by atoms with Crippen LogP contribution in [0.15, 0.2) is 48.8 Å². The monoisotopic (exact) mass is 384 g/mol. The molecule has 0 bridgehead atoms. The highest BCUT2D eigenvalue weighted by Gasteiger charge is 2.38. The summed E-state index contributed by atoms with van der Waals surface area (Å²) in [5.41, 5.74) is 1.88. The minimum Gasteiger partial charge on any atom is -0.368 e. The summed E-state index contributed by atoms with van der Waals surface area (Å²) in [5.74, 6) is -0.239. The van der Waals surface area contributed by atoms with Gasteiger partial charge in [-0.15, -0.1) is 0 Å². The number of pyridine rings is 1. The van der Waals surface area contributed by atoms with Crippen molar-refractivity contribution in [2.24, 2.45) is 5.92 Å². The minimum atomic E-state index is -0.288. The van der Waals surface area contributed by atoms with Crippen LogP contribution in [0.5, 0.6) is 0 Å². The first-order valence-corrected chi connectivity index (χ1v) is 9.49. The number of hydrogen-bond donors (Lipinski definition) is 0. The van der Waals surface area contributed by atoms with E-state index in [1.165, 1.54) is 0 Å². The maximum atomic E-state index is 12.9. The van der Waals surface area contributed by atoms with Crippen LogP contribution in [0.4, 0.5) is 11.4 Å². The van der Waals surface area contributed by atoms with E-state index < -0.39 is 0 Å². The zero-order chi connectivity index (χ0) is 18.8. The summed E-state index contributed by atoms with van der Waals surface area (Å²) in [6, 6.07) is 11.2. The molecule has 0 radical (unpaired) electrons. The van der Waals surface area contributed by atoms with Crippen LogP contribution in [0.3, 0.4) is 0 Å². The molecule has 2 aliphatic rings. The number of nitrogens with zero attached hydrogens (tertiary/aromatic N) is 4. The maximum Gasteiger partial charge on any atom is 0.228 e. The average Bonchev–Trinajstić information content (AvgIpc) is 3.10. The van der Waals surface area contributed by atoms with E-state index in [-0.39, 0.29) is 24.2 Å². The zero-order valence-electron chi connectivity index (χ0n) is 14.9. The predicted octanol–water partition coefficient (Wildman–Crippen LogP) is 2.44. The lowest BCUT2D eigenvalue weighted by molar-refractivity contribution is -0.136. The lowest BCUT2D eigenvalue weighted by Gasteiger charge is -2.37. The molecule has 1 aromatic carbocycles. The first-order chi connectivity index (χ1) is 13.1. The van der Waals surface area contributed by atoms with Crippen LogP contribution in [0.25, 0.3) is 0 Å². The molecule has 2 aliphatic heterocycles. The fraction of sp³-hybridized carbons (Fsp3) is 0.350. The standard InChI is InChI=1S/C20H21ClN4O2/c21-16-2-1-3-18(13-16)25-14-15(12-19(25)26)20(27)24-10-8-23(9-11-24)17-4-6-22-7-5-17/h1-7,13,15H,8-12,14H2. The van der Waals surface area contributed by atoms with Crippen LogP contribution in [-0.2, 0) is 9.59 Å². The lowest BCUT2D eigenvalue weighted by atomic mass is 10.1. The molecule has 0 saturated carbocycles. The van der Waals surface area contributed by atoms with Gasteiger partial charge in [0.1, 0.15) is 0 Å². The average molecular weight is 385 g/mol. The van der Waals surface area contributed by atoms with E-state index in [2.05, 4.69) is 9.88 Å². The number of carbonyl (C=O) groups is 2. The van der Waals surface area contributed by atoms with Crippen molar-refractivity contribution in [1.82, 2.24) is 9.88 Å². The van der Waals surface area contributed by atoms with Crippen molar-refractivity contribution in [2.75, 3.05) is 42.5 Å². The lowest BCUT2D eigenvalue weighted by Crippen LogP contribution is -2.50. The summed E-state index contributed by atoms with van der Waals surface area (Å²) in [6.07, 6.45) is 3.82. The summed E-state index contributed by atoms with van der Waals surface area (Å²) >= 11 is 6.03. The number of piperazine rings is 1. The molecular weight excluding hydrogens is 364 g/mol. The largest absolute Gasteiger partial charge is 0.368 e. The van der Waals surface area contributed by atoms with Gasteiger partial charge in [0.25, 0.3) is 0 Å². The number of halogens is 1. The molecule has 4 rings (SSSR count). The Morgan fingerprint density at radius 3 is 2.48 bits per heavy atom. The van der Waals surface area contributed by atoms with E-state index in [1.54, 1.807) is 29.4 Å². The maximum absolute atomic E-state index is 12.9. The molecular formula is C20H21ClN4O2. The number of carbonyl (C=O) groups excluding carboxylic acids is 2. The van der Waals surface area contributed by atoms with Crippen molar-refractivity contribution in [2.45, 2.75) is 6.42 Å². The van der Waals surface area contributed by atoms with Crippen LogP contribution < -0.4 is 9.80 Å². The number of benzene rings is 1. The van der Waals surface area contributed by atoms with Gasteiger partial charge in [-0.1, -0.05) is 17.7 Å². The molecule has 0 spiro atoms. The minimum absolute atomic E-state index is 0.0222. The molecule has 2 aromatic rings. The third-order valence-corrected chi connectivity index (χ3v) is 5.45. The number of aromatic nitrogens is 1. The van der Waals surface area contributed by atoms with Gasteiger partial charge in [0, 0.05) is 67.9 Å². The van der Waals surface area contributed by atoms with Crippen LogP contribution in [0.2, 0.25) is 5.02 Å². The van der Waals surface area contributed by atoms with Gasteiger partial charge in [-0.05, 0) is 30.3 Å². The van der Waals surface area contributed by atoms with Gasteiger partial charge < -0.3 is 14.7 Å². The Hall–Kier alpha value is -2.60. The number of anilines is 2. The third kappa shape index (κ3) is 3.76. The zero-order valence-corrected chi connectivity index (χ0v) is 15.7. The van der Waals surface area contributed by atoms with Crippen molar-refractivity contribution in [1.29, 1.82) is 0 Å². The Balaban J connectivity index is 1.37. The van der Waals surface area contributed by atoms with E-state index in [4.69, 9.17) is 11.6 Å². The summed E-state index contributed by atoms with van der Waals surface area (Å²) < 4.78 is 0. The molecule has 1 unspecified atom stereocenters. The first-order valence-electron chi connectivity index (χ1n) is 9.11. The van der Waals surface area contributed by atoms with E-state index in [9.17, 15) is 9.59 Å². The van der Waals surface area contributed by atoms with Crippen molar-refractivity contribution < 1.29 is 9.59 Å². The smallest absolute Gasteiger partial charge is 0.228 e. The van der Waals surface area contributed by atoms with Crippen molar-refractivity contribution in [3.05, 3.63) is 53.8 Å². The molecule has 7 heteroatoms. The topological polar surface area (TPSA) is 56.8 Å². The Bertz CT molecular complexity index is 837. The van der Waals surface area contributed by atoms with E-state index in [0.717, 1.165) is 24.5 Å². The van der Waals surface area contributed by atoms with Crippen LogP contribution in [0.1, 0.15) is 6.42 Å². The van der Waals surface area contributed by atoms with Crippen LogP contribution in [-0.4, -0.2) is 54.4 Å². The summed E-state index contributed by atoms with van der Waals surface area (Å²) in [4.78, 5) is 35.2. The predicted molar refractivity (Wildman–Crippen MR) is 105 cm³/mol. The quantitative estimate of drug-likeness (QED) is 0.815. The van der Waals surface area contributed by atoms with Crippen molar-refractivity contribution >= 4 is 34.8 Å². The number of hydrogen-bond acceptors (Lipinski definition) is 4. The highest BCUT2D eigenvalue weighted by Crippen LogP contribution is 2.28. The van der Waals surface area contributed by atoms with Gasteiger partial charge in [-0.2, -0.15) is 0 Å². The molecule has 1 aromatic heterocycles. The van der Waals surface area contributed by atoms with E-state index >= 15 is 0 Å². The molecule has 3 heterocycles. The Morgan fingerprint density at radius 1 is 1.04 bits per heavy atom.